The molecule has 0 amide bonds. The summed E-state index contributed by atoms with van der Waals surface area (Å²) in [5.41, 5.74) is 3.65. The summed E-state index contributed by atoms with van der Waals surface area (Å²) in [7, 11) is 3.46. The Hall–Kier alpha value is -1.06. The van der Waals surface area contributed by atoms with Crippen LogP contribution in [0, 0.1) is 13.8 Å². The molecule has 2 unspecified atom stereocenters. The second-order valence-electron chi connectivity index (χ2n) is 4.67. The Morgan fingerprint density at radius 2 is 1.89 bits per heavy atom. The summed E-state index contributed by atoms with van der Waals surface area (Å²) in [5.74, 6) is 0.933. The second kappa shape index (κ2) is 6.76. The molecule has 0 bridgehead atoms. The lowest BCUT2D eigenvalue weighted by Crippen LogP contribution is -2.32. The van der Waals surface area contributed by atoms with E-state index in [1.165, 1.54) is 16.7 Å². The number of ether oxygens (including phenoxy) is 2. The quantitative estimate of drug-likeness (QED) is 0.843. The van der Waals surface area contributed by atoms with Crippen LogP contribution in [0.25, 0.3) is 0 Å². The Kier molecular flexibility index (Phi) is 5.63. The van der Waals surface area contributed by atoms with Crippen LogP contribution in [-0.4, -0.2) is 26.9 Å². The molecule has 0 spiro atoms. The van der Waals surface area contributed by atoms with Crippen LogP contribution in [0.4, 0.5) is 0 Å². The third-order valence-corrected chi connectivity index (χ3v) is 3.29. The summed E-state index contributed by atoms with van der Waals surface area (Å²) in [5, 5.41) is 3.48. The summed E-state index contributed by atoms with van der Waals surface area (Å²) < 4.78 is 11.0. The van der Waals surface area contributed by atoms with Gasteiger partial charge < -0.3 is 14.8 Å². The van der Waals surface area contributed by atoms with Gasteiger partial charge in [0.1, 0.15) is 5.75 Å². The normalized spacial score (nSPS) is 14.3. The molecule has 0 aliphatic carbocycles. The lowest BCUT2D eigenvalue weighted by molar-refractivity contribution is 0.0824. The Morgan fingerprint density at radius 3 is 2.39 bits per heavy atom. The highest BCUT2D eigenvalue weighted by Crippen LogP contribution is 2.32. The summed E-state index contributed by atoms with van der Waals surface area (Å²) >= 11 is 0. The van der Waals surface area contributed by atoms with E-state index in [4.69, 9.17) is 9.47 Å². The molecule has 18 heavy (non-hydrogen) atoms. The van der Waals surface area contributed by atoms with E-state index in [9.17, 15) is 0 Å². The van der Waals surface area contributed by atoms with Crippen molar-refractivity contribution in [2.24, 2.45) is 0 Å². The standard InChI is InChI=1S/C15H25NO2/c1-7-16-15(12(4)17-5)14-11(3)8-10(2)9-13(14)18-6/h8-9,12,15-16H,7H2,1-6H3. The molecule has 1 N–H and O–H groups in total. The van der Waals surface area contributed by atoms with Crippen LogP contribution in [0.15, 0.2) is 12.1 Å². The molecule has 0 aliphatic heterocycles. The largest absolute Gasteiger partial charge is 0.496 e. The van der Waals surface area contributed by atoms with Crippen molar-refractivity contribution in [2.75, 3.05) is 20.8 Å². The number of methoxy groups -OCH3 is 2. The van der Waals surface area contributed by atoms with Crippen molar-refractivity contribution in [3.63, 3.8) is 0 Å². The molecule has 0 saturated heterocycles. The molecule has 3 heteroatoms. The maximum absolute atomic E-state index is 5.53. The number of hydrogen-bond acceptors (Lipinski definition) is 3. The molecule has 102 valence electrons. The van der Waals surface area contributed by atoms with Crippen LogP contribution in [0.2, 0.25) is 0 Å². The Bertz CT molecular complexity index is 390. The van der Waals surface area contributed by atoms with Crippen molar-refractivity contribution in [2.45, 2.75) is 39.8 Å². The van der Waals surface area contributed by atoms with Crippen LogP contribution in [0.1, 0.15) is 36.6 Å². The van der Waals surface area contributed by atoms with Crippen molar-refractivity contribution in [3.8, 4) is 5.75 Å². The highest BCUT2D eigenvalue weighted by Gasteiger charge is 2.23. The van der Waals surface area contributed by atoms with Crippen molar-refractivity contribution in [1.29, 1.82) is 0 Å². The first-order valence-corrected chi connectivity index (χ1v) is 6.46. The van der Waals surface area contributed by atoms with E-state index in [-0.39, 0.29) is 12.1 Å². The molecule has 0 heterocycles. The van der Waals surface area contributed by atoms with Gasteiger partial charge in [0.2, 0.25) is 0 Å². The Balaban J connectivity index is 3.25. The summed E-state index contributed by atoms with van der Waals surface area (Å²) in [4.78, 5) is 0. The highest BCUT2D eigenvalue weighted by atomic mass is 16.5. The van der Waals surface area contributed by atoms with E-state index in [1.54, 1.807) is 14.2 Å². The van der Waals surface area contributed by atoms with Crippen LogP contribution < -0.4 is 10.1 Å². The highest BCUT2D eigenvalue weighted by molar-refractivity contribution is 5.45. The van der Waals surface area contributed by atoms with Gasteiger partial charge in [0.25, 0.3) is 0 Å². The fourth-order valence-electron chi connectivity index (χ4n) is 2.37. The van der Waals surface area contributed by atoms with E-state index in [1.807, 2.05) is 0 Å². The van der Waals surface area contributed by atoms with Gasteiger partial charge in [-0.2, -0.15) is 0 Å². The molecular formula is C15H25NO2. The van der Waals surface area contributed by atoms with E-state index < -0.39 is 0 Å². The van der Waals surface area contributed by atoms with Gasteiger partial charge in [0.15, 0.2) is 0 Å². The lowest BCUT2D eigenvalue weighted by atomic mass is 9.94. The predicted molar refractivity (Wildman–Crippen MR) is 75.4 cm³/mol. The predicted octanol–water partition coefficient (Wildman–Crippen LogP) is 3.00. The zero-order valence-corrected chi connectivity index (χ0v) is 12.3. The van der Waals surface area contributed by atoms with Crippen LogP contribution in [-0.2, 0) is 4.74 Å². The van der Waals surface area contributed by atoms with Crippen LogP contribution >= 0.6 is 0 Å². The van der Waals surface area contributed by atoms with Crippen molar-refractivity contribution < 1.29 is 9.47 Å². The minimum Gasteiger partial charge on any atom is -0.496 e. The van der Waals surface area contributed by atoms with Crippen molar-refractivity contribution in [1.82, 2.24) is 5.32 Å². The molecule has 0 fully saturated rings. The zero-order chi connectivity index (χ0) is 13.7. The van der Waals surface area contributed by atoms with Gasteiger partial charge in [-0.05, 0) is 44.5 Å². The molecule has 1 aromatic rings. The third-order valence-electron chi connectivity index (χ3n) is 3.29. The van der Waals surface area contributed by atoms with Crippen LogP contribution in [0.5, 0.6) is 5.75 Å². The molecule has 0 aromatic heterocycles. The van der Waals surface area contributed by atoms with Gasteiger partial charge in [-0.3, -0.25) is 0 Å². The number of likely N-dealkylation sites (N-methyl/N-ethyl adjacent to an activating group) is 1. The SMILES string of the molecule is CCNC(c1c(C)cc(C)cc1OC)C(C)OC. The van der Waals surface area contributed by atoms with Crippen LogP contribution in [0.3, 0.4) is 0 Å². The Morgan fingerprint density at radius 1 is 1.22 bits per heavy atom. The fraction of sp³-hybridized carbons (Fsp3) is 0.600. The maximum atomic E-state index is 5.53. The van der Waals surface area contributed by atoms with E-state index in [0.29, 0.717) is 0 Å². The molecule has 3 nitrogen and oxygen atoms in total. The lowest BCUT2D eigenvalue weighted by Gasteiger charge is -2.27. The average molecular weight is 251 g/mol. The first kappa shape index (κ1) is 15.0. The smallest absolute Gasteiger partial charge is 0.124 e. The summed E-state index contributed by atoms with van der Waals surface area (Å²) in [6.07, 6.45) is 0.0975. The topological polar surface area (TPSA) is 30.5 Å². The molecule has 0 saturated carbocycles. The zero-order valence-electron chi connectivity index (χ0n) is 12.3. The molecule has 1 aromatic carbocycles. The minimum absolute atomic E-state index is 0.0975. The molecular weight excluding hydrogens is 226 g/mol. The molecule has 0 radical (unpaired) electrons. The number of nitrogens with one attached hydrogen (secondary N) is 1. The van der Waals surface area contributed by atoms with Gasteiger partial charge in [0.05, 0.1) is 19.3 Å². The number of benzene rings is 1. The van der Waals surface area contributed by atoms with Crippen molar-refractivity contribution >= 4 is 0 Å². The fourth-order valence-corrected chi connectivity index (χ4v) is 2.37. The monoisotopic (exact) mass is 251 g/mol. The maximum Gasteiger partial charge on any atom is 0.124 e. The molecule has 2 atom stereocenters. The van der Waals surface area contributed by atoms with Gasteiger partial charge >= 0.3 is 0 Å². The van der Waals surface area contributed by atoms with E-state index in [2.05, 4.69) is 45.1 Å². The number of aryl methyl sites for hydroxylation is 2. The molecule has 0 aliphatic rings. The Labute approximate surface area is 110 Å². The minimum atomic E-state index is 0.0975. The first-order chi connectivity index (χ1) is 8.54. The van der Waals surface area contributed by atoms with Gasteiger partial charge in [-0.25, -0.2) is 0 Å². The summed E-state index contributed by atoms with van der Waals surface area (Å²) in [6.45, 7) is 9.28. The van der Waals surface area contributed by atoms with Gasteiger partial charge in [0, 0.05) is 12.7 Å². The van der Waals surface area contributed by atoms with E-state index >= 15 is 0 Å². The number of hydrogen-bond donors (Lipinski definition) is 1. The number of rotatable bonds is 6. The third kappa shape index (κ3) is 3.24. The average Bonchev–Trinajstić information content (AvgIpc) is 2.35. The van der Waals surface area contributed by atoms with E-state index in [0.717, 1.165) is 12.3 Å². The van der Waals surface area contributed by atoms with Gasteiger partial charge in [-0.1, -0.05) is 13.0 Å². The van der Waals surface area contributed by atoms with Crippen molar-refractivity contribution in [3.05, 3.63) is 28.8 Å². The first-order valence-electron chi connectivity index (χ1n) is 6.46. The summed E-state index contributed by atoms with van der Waals surface area (Å²) in [6, 6.07) is 4.41. The van der Waals surface area contributed by atoms with Gasteiger partial charge in [-0.15, -0.1) is 0 Å². The molecule has 1 rings (SSSR count). The second-order valence-corrected chi connectivity index (χ2v) is 4.67.